The standard InChI is InChI=1S/C17H24N2O3S/c1-3-17(4-2,10-12-20)13-19-23(21,22)16-9-5-8-15-14(16)7-6-11-18-15/h5-9,11,19-20H,3-4,10,12-13H2,1-2H3. The highest BCUT2D eigenvalue weighted by atomic mass is 32.2. The first-order valence-electron chi connectivity index (χ1n) is 7.92. The smallest absolute Gasteiger partial charge is 0.241 e. The third-order valence-electron chi connectivity index (χ3n) is 4.67. The second-order valence-electron chi connectivity index (χ2n) is 5.83. The Kier molecular flexibility index (Phi) is 5.73. The normalized spacial score (nSPS) is 12.7. The Morgan fingerprint density at radius 3 is 2.57 bits per heavy atom. The number of benzene rings is 1. The minimum atomic E-state index is -3.63. The zero-order chi connectivity index (χ0) is 16.9. The molecular formula is C17H24N2O3S. The van der Waals surface area contributed by atoms with Gasteiger partial charge in [-0.15, -0.1) is 0 Å². The molecule has 0 radical (unpaired) electrons. The zero-order valence-electron chi connectivity index (χ0n) is 13.6. The lowest BCUT2D eigenvalue weighted by atomic mass is 9.80. The summed E-state index contributed by atoms with van der Waals surface area (Å²) < 4.78 is 28.2. The van der Waals surface area contributed by atoms with Crippen LogP contribution in [0.15, 0.2) is 41.4 Å². The molecule has 6 heteroatoms. The van der Waals surface area contributed by atoms with Crippen molar-refractivity contribution in [1.82, 2.24) is 9.71 Å². The van der Waals surface area contributed by atoms with E-state index in [1.165, 1.54) is 0 Å². The van der Waals surface area contributed by atoms with Crippen molar-refractivity contribution in [3.05, 3.63) is 36.5 Å². The van der Waals surface area contributed by atoms with Gasteiger partial charge in [-0.2, -0.15) is 0 Å². The first-order chi connectivity index (χ1) is 11.0. The molecule has 0 bridgehead atoms. The lowest BCUT2D eigenvalue weighted by molar-refractivity contribution is 0.170. The maximum atomic E-state index is 12.7. The summed E-state index contributed by atoms with van der Waals surface area (Å²) in [7, 11) is -3.63. The molecule has 0 aliphatic rings. The van der Waals surface area contributed by atoms with E-state index >= 15 is 0 Å². The van der Waals surface area contributed by atoms with Crippen molar-refractivity contribution in [2.75, 3.05) is 13.2 Å². The van der Waals surface area contributed by atoms with E-state index in [4.69, 9.17) is 0 Å². The second-order valence-corrected chi connectivity index (χ2v) is 7.57. The van der Waals surface area contributed by atoms with Crippen molar-refractivity contribution in [1.29, 1.82) is 0 Å². The van der Waals surface area contributed by atoms with Gasteiger partial charge in [0.15, 0.2) is 0 Å². The number of aromatic nitrogens is 1. The molecule has 1 heterocycles. The Hall–Kier alpha value is -1.50. The fourth-order valence-electron chi connectivity index (χ4n) is 2.81. The molecule has 5 nitrogen and oxygen atoms in total. The second kappa shape index (κ2) is 7.38. The van der Waals surface area contributed by atoms with E-state index in [0.29, 0.717) is 23.9 Å². The predicted octanol–water partition coefficient (Wildman–Crippen LogP) is 2.70. The molecule has 0 fully saturated rings. The summed E-state index contributed by atoms with van der Waals surface area (Å²) in [6, 6.07) is 8.58. The summed E-state index contributed by atoms with van der Waals surface area (Å²) in [5, 5.41) is 9.88. The molecule has 2 N–H and O–H groups in total. The molecule has 0 aliphatic carbocycles. The fourth-order valence-corrected chi connectivity index (χ4v) is 4.19. The van der Waals surface area contributed by atoms with Gasteiger partial charge < -0.3 is 5.11 Å². The monoisotopic (exact) mass is 336 g/mol. The first-order valence-corrected chi connectivity index (χ1v) is 9.40. The van der Waals surface area contributed by atoms with Crippen LogP contribution in [0, 0.1) is 5.41 Å². The maximum absolute atomic E-state index is 12.7. The third-order valence-corrected chi connectivity index (χ3v) is 6.13. The number of hydrogen-bond acceptors (Lipinski definition) is 4. The third kappa shape index (κ3) is 3.88. The molecule has 0 aliphatic heterocycles. The number of aliphatic hydroxyl groups excluding tert-OH is 1. The van der Waals surface area contributed by atoms with E-state index in [1.807, 2.05) is 13.8 Å². The van der Waals surface area contributed by atoms with Gasteiger partial charge in [0.05, 0.1) is 10.4 Å². The van der Waals surface area contributed by atoms with Crippen molar-refractivity contribution < 1.29 is 13.5 Å². The van der Waals surface area contributed by atoms with Crippen LogP contribution in [0.5, 0.6) is 0 Å². The van der Waals surface area contributed by atoms with Crippen LogP contribution < -0.4 is 4.72 Å². The molecule has 0 saturated heterocycles. The Morgan fingerprint density at radius 1 is 1.17 bits per heavy atom. The van der Waals surface area contributed by atoms with Gasteiger partial charge in [0, 0.05) is 24.7 Å². The van der Waals surface area contributed by atoms with Crippen molar-refractivity contribution in [2.24, 2.45) is 5.41 Å². The number of hydrogen-bond donors (Lipinski definition) is 2. The Labute approximate surface area is 137 Å². The summed E-state index contributed by atoms with van der Waals surface area (Å²) in [5.74, 6) is 0. The SMILES string of the molecule is CCC(CC)(CCO)CNS(=O)(=O)c1cccc2ncccc12. The number of rotatable bonds is 8. The highest BCUT2D eigenvalue weighted by molar-refractivity contribution is 7.89. The van der Waals surface area contributed by atoms with E-state index in [1.54, 1.807) is 36.5 Å². The van der Waals surface area contributed by atoms with Crippen LogP contribution in [0.25, 0.3) is 10.9 Å². The molecule has 1 aromatic carbocycles. The number of nitrogens with one attached hydrogen (secondary N) is 1. The average Bonchev–Trinajstić information content (AvgIpc) is 2.58. The van der Waals surface area contributed by atoms with E-state index in [2.05, 4.69) is 9.71 Å². The van der Waals surface area contributed by atoms with Crippen molar-refractivity contribution >= 4 is 20.9 Å². The predicted molar refractivity (Wildman–Crippen MR) is 91.6 cm³/mol. The quantitative estimate of drug-likeness (QED) is 0.777. The summed E-state index contributed by atoms with van der Waals surface area (Å²) in [6.07, 6.45) is 3.85. The maximum Gasteiger partial charge on any atom is 0.241 e. The number of sulfonamides is 1. The minimum Gasteiger partial charge on any atom is -0.396 e. The molecule has 2 rings (SSSR count). The van der Waals surface area contributed by atoms with E-state index in [9.17, 15) is 13.5 Å². The van der Waals surface area contributed by atoms with Gasteiger partial charge in [-0.25, -0.2) is 13.1 Å². The summed E-state index contributed by atoms with van der Waals surface area (Å²) in [6.45, 7) is 4.42. The molecule has 0 spiro atoms. The van der Waals surface area contributed by atoms with Crippen molar-refractivity contribution in [3.8, 4) is 0 Å². The lowest BCUT2D eigenvalue weighted by Crippen LogP contribution is -2.37. The van der Waals surface area contributed by atoms with Gasteiger partial charge in [0.2, 0.25) is 10.0 Å². The summed E-state index contributed by atoms with van der Waals surface area (Å²) in [4.78, 5) is 4.44. The molecule has 1 aromatic heterocycles. The van der Waals surface area contributed by atoms with Crippen LogP contribution in [0.3, 0.4) is 0 Å². The van der Waals surface area contributed by atoms with Crippen LogP contribution in [0.1, 0.15) is 33.1 Å². The minimum absolute atomic E-state index is 0.0571. The zero-order valence-corrected chi connectivity index (χ0v) is 14.4. The number of pyridine rings is 1. The van der Waals surface area contributed by atoms with Crippen LogP contribution in [0.2, 0.25) is 0 Å². The van der Waals surface area contributed by atoms with Gasteiger partial charge in [-0.1, -0.05) is 19.9 Å². The lowest BCUT2D eigenvalue weighted by Gasteiger charge is -2.31. The van der Waals surface area contributed by atoms with Gasteiger partial charge >= 0.3 is 0 Å². The summed E-state index contributed by atoms with van der Waals surface area (Å²) >= 11 is 0. The number of fused-ring (bicyclic) bond motifs is 1. The number of nitrogens with zero attached hydrogens (tertiary/aromatic N) is 1. The molecule has 0 atom stereocenters. The van der Waals surface area contributed by atoms with Crippen LogP contribution in [-0.4, -0.2) is 31.7 Å². The largest absolute Gasteiger partial charge is 0.396 e. The topological polar surface area (TPSA) is 79.3 Å². The average molecular weight is 336 g/mol. The molecule has 126 valence electrons. The van der Waals surface area contributed by atoms with Gasteiger partial charge in [-0.05, 0) is 48.9 Å². The van der Waals surface area contributed by atoms with Crippen LogP contribution >= 0.6 is 0 Å². The Bertz CT molecular complexity index is 750. The molecule has 23 heavy (non-hydrogen) atoms. The van der Waals surface area contributed by atoms with Crippen LogP contribution in [-0.2, 0) is 10.0 Å². The van der Waals surface area contributed by atoms with Gasteiger partial charge in [-0.3, -0.25) is 4.98 Å². The first kappa shape index (κ1) is 17.8. The molecule has 0 unspecified atom stereocenters. The van der Waals surface area contributed by atoms with Crippen molar-refractivity contribution in [3.63, 3.8) is 0 Å². The van der Waals surface area contributed by atoms with Crippen LogP contribution in [0.4, 0.5) is 0 Å². The summed E-state index contributed by atoms with van der Waals surface area (Å²) in [5.41, 5.74) is 0.438. The molecule has 0 amide bonds. The highest BCUT2D eigenvalue weighted by Gasteiger charge is 2.28. The Morgan fingerprint density at radius 2 is 1.91 bits per heavy atom. The van der Waals surface area contributed by atoms with Crippen molar-refractivity contribution in [2.45, 2.75) is 38.0 Å². The van der Waals surface area contributed by atoms with E-state index < -0.39 is 10.0 Å². The van der Waals surface area contributed by atoms with Gasteiger partial charge in [0.1, 0.15) is 0 Å². The molecular weight excluding hydrogens is 312 g/mol. The molecule has 0 saturated carbocycles. The Balaban J connectivity index is 2.31. The molecule has 2 aromatic rings. The van der Waals surface area contributed by atoms with Gasteiger partial charge in [0.25, 0.3) is 0 Å². The van der Waals surface area contributed by atoms with E-state index in [0.717, 1.165) is 12.8 Å². The number of aliphatic hydroxyl groups is 1. The fraction of sp³-hybridized carbons (Fsp3) is 0.471. The highest BCUT2D eigenvalue weighted by Crippen LogP contribution is 2.30. The van der Waals surface area contributed by atoms with E-state index in [-0.39, 0.29) is 16.9 Å².